The number of rotatable bonds is 8. The van der Waals surface area contributed by atoms with Crippen LogP contribution in [0.15, 0.2) is 30.5 Å². The molecular formula is C18H26N4O4S. The molecule has 3 rings (SSSR count). The van der Waals surface area contributed by atoms with Crippen molar-refractivity contribution in [2.75, 3.05) is 32.8 Å². The van der Waals surface area contributed by atoms with Gasteiger partial charge in [0.2, 0.25) is 5.91 Å². The molecule has 0 spiro atoms. The Kier molecular flexibility index (Phi) is 6.48. The molecule has 1 atom stereocenters. The van der Waals surface area contributed by atoms with Crippen LogP contribution in [0.2, 0.25) is 0 Å². The Hall–Kier alpha value is -1.94. The van der Waals surface area contributed by atoms with Crippen LogP contribution in [-0.4, -0.2) is 63.1 Å². The molecule has 8 nitrogen and oxygen atoms in total. The van der Waals surface area contributed by atoms with Gasteiger partial charge in [-0.2, -0.15) is 13.1 Å². The number of amides is 1. The van der Waals surface area contributed by atoms with Crippen molar-refractivity contribution < 1.29 is 17.9 Å². The summed E-state index contributed by atoms with van der Waals surface area (Å²) >= 11 is 0. The SMILES string of the molecule is CCCNS(=O)(=O)NC(Cc1c[nH]c2ccccc12)C(=O)N1CCOCC1. The molecule has 0 radical (unpaired) electrons. The molecule has 2 aromatic rings. The quantitative estimate of drug-likeness (QED) is 0.615. The second-order valence-corrected chi connectivity index (χ2v) is 8.10. The summed E-state index contributed by atoms with van der Waals surface area (Å²) in [7, 11) is -3.77. The number of nitrogens with zero attached hydrogens (tertiary/aromatic N) is 1. The van der Waals surface area contributed by atoms with E-state index in [4.69, 9.17) is 4.74 Å². The Morgan fingerprint density at radius 3 is 2.78 bits per heavy atom. The van der Waals surface area contributed by atoms with Crippen molar-refractivity contribution >= 4 is 27.0 Å². The highest BCUT2D eigenvalue weighted by molar-refractivity contribution is 7.87. The van der Waals surface area contributed by atoms with Crippen LogP contribution in [0, 0.1) is 0 Å². The van der Waals surface area contributed by atoms with Crippen LogP contribution in [0.25, 0.3) is 10.9 Å². The van der Waals surface area contributed by atoms with E-state index in [1.54, 1.807) is 4.90 Å². The maximum Gasteiger partial charge on any atom is 0.277 e. The normalized spacial score (nSPS) is 16.6. The number of morpholine rings is 1. The first-order valence-corrected chi connectivity index (χ1v) is 10.7. The van der Waals surface area contributed by atoms with Crippen molar-refractivity contribution in [1.29, 1.82) is 0 Å². The molecule has 27 heavy (non-hydrogen) atoms. The molecular weight excluding hydrogens is 368 g/mol. The Bertz CT molecular complexity index is 874. The summed E-state index contributed by atoms with van der Waals surface area (Å²) in [4.78, 5) is 17.8. The van der Waals surface area contributed by atoms with Crippen molar-refractivity contribution in [3.63, 3.8) is 0 Å². The topological polar surface area (TPSA) is 104 Å². The number of hydrogen-bond donors (Lipinski definition) is 3. The lowest BCUT2D eigenvalue weighted by Gasteiger charge is -2.30. The summed E-state index contributed by atoms with van der Waals surface area (Å²) < 4.78 is 35.0. The molecule has 1 aliphatic heterocycles. The van der Waals surface area contributed by atoms with Gasteiger partial charge in [0.25, 0.3) is 10.2 Å². The number of aromatic nitrogens is 1. The number of carbonyl (C=O) groups is 1. The Labute approximate surface area is 159 Å². The highest BCUT2D eigenvalue weighted by Gasteiger charge is 2.30. The number of nitrogens with one attached hydrogen (secondary N) is 3. The summed E-state index contributed by atoms with van der Waals surface area (Å²) in [6.45, 7) is 4.06. The van der Waals surface area contributed by atoms with E-state index in [2.05, 4.69) is 14.4 Å². The molecule has 0 saturated carbocycles. The number of H-pyrrole nitrogens is 1. The van der Waals surface area contributed by atoms with E-state index in [0.717, 1.165) is 16.5 Å². The van der Waals surface area contributed by atoms with Crippen molar-refractivity contribution in [2.45, 2.75) is 25.8 Å². The number of benzene rings is 1. The van der Waals surface area contributed by atoms with Crippen LogP contribution in [0.5, 0.6) is 0 Å². The summed E-state index contributed by atoms with van der Waals surface area (Å²) in [5.74, 6) is -0.231. The van der Waals surface area contributed by atoms with E-state index in [1.807, 2.05) is 37.4 Å². The second-order valence-electron chi connectivity index (χ2n) is 6.57. The van der Waals surface area contributed by atoms with E-state index >= 15 is 0 Å². The van der Waals surface area contributed by atoms with Crippen molar-refractivity contribution in [1.82, 2.24) is 19.3 Å². The molecule has 0 bridgehead atoms. The van der Waals surface area contributed by atoms with Crippen LogP contribution >= 0.6 is 0 Å². The lowest BCUT2D eigenvalue weighted by molar-refractivity contribution is -0.137. The molecule has 0 aliphatic carbocycles. The van der Waals surface area contributed by atoms with E-state index in [0.29, 0.717) is 39.3 Å². The van der Waals surface area contributed by atoms with Gasteiger partial charge in [0.15, 0.2) is 0 Å². The third-order valence-corrected chi connectivity index (χ3v) is 5.74. The Balaban J connectivity index is 1.83. The molecule has 1 fully saturated rings. The smallest absolute Gasteiger partial charge is 0.277 e. The number of hydrogen-bond acceptors (Lipinski definition) is 4. The fourth-order valence-corrected chi connectivity index (χ4v) is 4.28. The summed E-state index contributed by atoms with van der Waals surface area (Å²) in [6.07, 6.45) is 2.77. The molecule has 1 aliphatic rings. The maximum absolute atomic E-state index is 13.0. The van der Waals surface area contributed by atoms with Crippen LogP contribution < -0.4 is 9.44 Å². The van der Waals surface area contributed by atoms with E-state index < -0.39 is 16.3 Å². The van der Waals surface area contributed by atoms with Gasteiger partial charge >= 0.3 is 0 Å². The number of fused-ring (bicyclic) bond motifs is 1. The monoisotopic (exact) mass is 394 g/mol. The number of ether oxygens (including phenoxy) is 1. The van der Waals surface area contributed by atoms with Crippen LogP contribution in [0.4, 0.5) is 0 Å². The van der Waals surface area contributed by atoms with Gasteiger partial charge in [-0.25, -0.2) is 4.72 Å². The minimum absolute atomic E-state index is 0.231. The summed E-state index contributed by atoms with van der Waals surface area (Å²) in [5, 5.41) is 0.984. The largest absolute Gasteiger partial charge is 0.378 e. The predicted octanol–water partition coefficient (Wildman–Crippen LogP) is 0.772. The van der Waals surface area contributed by atoms with Gasteiger partial charge in [0, 0.05) is 36.7 Å². The van der Waals surface area contributed by atoms with Gasteiger partial charge in [0.1, 0.15) is 6.04 Å². The van der Waals surface area contributed by atoms with Gasteiger partial charge < -0.3 is 14.6 Å². The zero-order chi connectivity index (χ0) is 19.3. The standard InChI is InChI=1S/C18H26N4O4S/c1-2-7-20-27(24,25)21-17(18(23)22-8-10-26-11-9-22)12-14-13-19-16-6-4-3-5-15(14)16/h3-6,13,17,19-21H,2,7-12H2,1H3. The highest BCUT2D eigenvalue weighted by atomic mass is 32.2. The lowest BCUT2D eigenvalue weighted by Crippen LogP contribution is -2.54. The molecule has 148 valence electrons. The fraction of sp³-hybridized carbons (Fsp3) is 0.500. The van der Waals surface area contributed by atoms with Crippen LogP contribution in [0.1, 0.15) is 18.9 Å². The lowest BCUT2D eigenvalue weighted by atomic mass is 10.0. The van der Waals surface area contributed by atoms with Crippen LogP contribution in [0.3, 0.4) is 0 Å². The number of aromatic amines is 1. The number of para-hydroxylation sites is 1. The molecule has 1 aromatic heterocycles. The van der Waals surface area contributed by atoms with Gasteiger partial charge in [-0.1, -0.05) is 25.1 Å². The first-order chi connectivity index (χ1) is 13.0. The van der Waals surface area contributed by atoms with Gasteiger partial charge in [0.05, 0.1) is 13.2 Å². The number of carbonyl (C=O) groups excluding carboxylic acids is 1. The van der Waals surface area contributed by atoms with E-state index in [1.165, 1.54) is 0 Å². The second kappa shape index (κ2) is 8.83. The zero-order valence-electron chi connectivity index (χ0n) is 15.4. The molecule has 3 N–H and O–H groups in total. The average molecular weight is 394 g/mol. The minimum atomic E-state index is -3.77. The fourth-order valence-electron chi connectivity index (χ4n) is 3.17. The summed E-state index contributed by atoms with van der Waals surface area (Å²) in [5.41, 5.74) is 1.85. The van der Waals surface area contributed by atoms with E-state index in [-0.39, 0.29) is 12.3 Å². The maximum atomic E-state index is 13.0. The van der Waals surface area contributed by atoms with Crippen molar-refractivity contribution in [2.24, 2.45) is 0 Å². The molecule has 2 heterocycles. The first-order valence-electron chi connectivity index (χ1n) is 9.18. The summed E-state index contributed by atoms with van der Waals surface area (Å²) in [6, 6.07) is 6.88. The predicted molar refractivity (Wildman–Crippen MR) is 104 cm³/mol. The van der Waals surface area contributed by atoms with Gasteiger partial charge in [-0.3, -0.25) is 4.79 Å². The Morgan fingerprint density at radius 2 is 2.04 bits per heavy atom. The highest BCUT2D eigenvalue weighted by Crippen LogP contribution is 2.20. The molecule has 1 aromatic carbocycles. The minimum Gasteiger partial charge on any atom is -0.378 e. The van der Waals surface area contributed by atoms with Crippen molar-refractivity contribution in [3.8, 4) is 0 Å². The van der Waals surface area contributed by atoms with Crippen LogP contribution in [-0.2, 0) is 26.2 Å². The molecule has 1 saturated heterocycles. The first kappa shape index (κ1) is 19.8. The van der Waals surface area contributed by atoms with Gasteiger partial charge in [-0.05, 0) is 24.5 Å². The van der Waals surface area contributed by atoms with Crippen molar-refractivity contribution in [3.05, 3.63) is 36.0 Å². The van der Waals surface area contributed by atoms with E-state index in [9.17, 15) is 13.2 Å². The third kappa shape index (κ3) is 5.07. The van der Waals surface area contributed by atoms with Gasteiger partial charge in [-0.15, -0.1) is 0 Å². The third-order valence-electron chi connectivity index (χ3n) is 4.56. The molecule has 9 heteroatoms. The Morgan fingerprint density at radius 1 is 1.30 bits per heavy atom. The molecule has 1 amide bonds. The zero-order valence-corrected chi connectivity index (χ0v) is 16.2. The average Bonchev–Trinajstić information content (AvgIpc) is 3.09. The molecule has 1 unspecified atom stereocenters.